The van der Waals surface area contributed by atoms with Gasteiger partial charge in [-0.3, -0.25) is 4.79 Å². The summed E-state index contributed by atoms with van der Waals surface area (Å²) < 4.78 is 5.65. The molecule has 1 aliphatic carbocycles. The zero-order valence-corrected chi connectivity index (χ0v) is 11.0. The standard InChI is InChI=1S/C15H20O2/c1-9(2)12-7-8-17-15(12)14-10(3)5-6-13(14)11(4)16/h7-9,13H,5-6H2,1-4H3/t13-/m1/s1. The lowest BCUT2D eigenvalue weighted by atomic mass is 9.90. The molecular weight excluding hydrogens is 212 g/mol. The monoisotopic (exact) mass is 232 g/mol. The number of hydrogen-bond acceptors (Lipinski definition) is 2. The predicted molar refractivity (Wildman–Crippen MR) is 68.8 cm³/mol. The molecule has 1 heterocycles. The number of hydrogen-bond donors (Lipinski definition) is 0. The fourth-order valence-corrected chi connectivity index (χ4v) is 2.69. The molecule has 0 radical (unpaired) electrons. The summed E-state index contributed by atoms with van der Waals surface area (Å²) in [6.07, 6.45) is 3.69. The topological polar surface area (TPSA) is 30.2 Å². The average molecular weight is 232 g/mol. The number of ketones is 1. The zero-order chi connectivity index (χ0) is 12.6. The van der Waals surface area contributed by atoms with E-state index < -0.39 is 0 Å². The molecule has 0 N–H and O–H groups in total. The number of rotatable bonds is 3. The summed E-state index contributed by atoms with van der Waals surface area (Å²) in [5.74, 6) is 1.66. The first-order chi connectivity index (χ1) is 8.02. The van der Waals surface area contributed by atoms with Crippen molar-refractivity contribution in [2.45, 2.75) is 46.5 Å². The first-order valence-electron chi connectivity index (χ1n) is 6.30. The van der Waals surface area contributed by atoms with Crippen LogP contribution in [0.4, 0.5) is 0 Å². The summed E-state index contributed by atoms with van der Waals surface area (Å²) in [6.45, 7) is 8.11. The fourth-order valence-electron chi connectivity index (χ4n) is 2.69. The summed E-state index contributed by atoms with van der Waals surface area (Å²) in [6, 6.07) is 2.02. The molecule has 2 rings (SSSR count). The summed E-state index contributed by atoms with van der Waals surface area (Å²) >= 11 is 0. The second-order valence-corrected chi connectivity index (χ2v) is 5.26. The van der Waals surface area contributed by atoms with Crippen LogP contribution in [0.3, 0.4) is 0 Å². The van der Waals surface area contributed by atoms with E-state index in [9.17, 15) is 4.79 Å². The largest absolute Gasteiger partial charge is 0.464 e. The Morgan fingerprint density at radius 3 is 2.76 bits per heavy atom. The van der Waals surface area contributed by atoms with Gasteiger partial charge in [0.1, 0.15) is 11.5 Å². The minimum absolute atomic E-state index is 0.0404. The fraction of sp³-hybridized carbons (Fsp3) is 0.533. The SMILES string of the molecule is CC(=O)[C@H]1CCC(C)=C1c1occc1C(C)C. The van der Waals surface area contributed by atoms with Crippen molar-refractivity contribution < 1.29 is 9.21 Å². The highest BCUT2D eigenvalue weighted by Crippen LogP contribution is 2.42. The predicted octanol–water partition coefficient (Wildman–Crippen LogP) is 4.18. The van der Waals surface area contributed by atoms with Gasteiger partial charge in [0, 0.05) is 17.1 Å². The molecule has 0 aliphatic heterocycles. The quantitative estimate of drug-likeness (QED) is 0.782. The van der Waals surface area contributed by atoms with Crippen molar-refractivity contribution in [2.24, 2.45) is 5.92 Å². The molecule has 0 unspecified atom stereocenters. The van der Waals surface area contributed by atoms with Gasteiger partial charge in [-0.25, -0.2) is 0 Å². The Kier molecular flexibility index (Phi) is 3.23. The van der Waals surface area contributed by atoms with Crippen molar-refractivity contribution in [3.8, 4) is 0 Å². The lowest BCUT2D eigenvalue weighted by Crippen LogP contribution is -2.10. The molecule has 0 saturated heterocycles. The maximum atomic E-state index is 11.7. The second-order valence-electron chi connectivity index (χ2n) is 5.26. The van der Waals surface area contributed by atoms with E-state index in [1.54, 1.807) is 13.2 Å². The smallest absolute Gasteiger partial charge is 0.137 e. The molecular formula is C15H20O2. The van der Waals surface area contributed by atoms with E-state index in [0.29, 0.717) is 5.92 Å². The second kappa shape index (κ2) is 4.52. The van der Waals surface area contributed by atoms with Crippen LogP contribution in [0.1, 0.15) is 57.8 Å². The lowest BCUT2D eigenvalue weighted by Gasteiger charge is -2.13. The molecule has 2 nitrogen and oxygen atoms in total. The highest BCUT2D eigenvalue weighted by atomic mass is 16.3. The number of allylic oxidation sites excluding steroid dienone is 2. The molecule has 0 saturated carbocycles. The van der Waals surface area contributed by atoms with Gasteiger partial charge in [-0.05, 0) is 38.7 Å². The molecule has 17 heavy (non-hydrogen) atoms. The molecule has 1 atom stereocenters. The van der Waals surface area contributed by atoms with Crippen LogP contribution in [-0.2, 0) is 4.79 Å². The van der Waals surface area contributed by atoms with Crippen molar-refractivity contribution in [1.82, 2.24) is 0 Å². The van der Waals surface area contributed by atoms with Gasteiger partial charge in [0.2, 0.25) is 0 Å². The highest BCUT2D eigenvalue weighted by Gasteiger charge is 2.31. The molecule has 0 aromatic carbocycles. The van der Waals surface area contributed by atoms with E-state index in [1.165, 1.54) is 11.1 Å². The molecule has 0 fully saturated rings. The number of carbonyl (C=O) groups excluding carboxylic acids is 1. The minimum Gasteiger partial charge on any atom is -0.464 e. The zero-order valence-electron chi connectivity index (χ0n) is 11.0. The number of Topliss-reactive ketones (excluding diaryl/α,β-unsaturated/α-hetero) is 1. The van der Waals surface area contributed by atoms with Crippen molar-refractivity contribution in [2.75, 3.05) is 0 Å². The molecule has 1 aliphatic rings. The first kappa shape index (κ1) is 12.2. The maximum absolute atomic E-state index is 11.7. The summed E-state index contributed by atoms with van der Waals surface area (Å²) in [7, 11) is 0. The van der Waals surface area contributed by atoms with Gasteiger partial charge in [0.25, 0.3) is 0 Å². The lowest BCUT2D eigenvalue weighted by molar-refractivity contribution is -0.119. The van der Waals surface area contributed by atoms with Crippen molar-refractivity contribution >= 4 is 11.4 Å². The van der Waals surface area contributed by atoms with Crippen LogP contribution in [-0.4, -0.2) is 5.78 Å². The molecule has 1 aromatic heterocycles. The van der Waals surface area contributed by atoms with Gasteiger partial charge in [-0.1, -0.05) is 19.4 Å². The minimum atomic E-state index is 0.0404. The Hall–Kier alpha value is -1.31. The molecule has 1 aromatic rings. The van der Waals surface area contributed by atoms with Crippen LogP contribution >= 0.6 is 0 Å². The van der Waals surface area contributed by atoms with Gasteiger partial charge in [-0.2, -0.15) is 0 Å². The first-order valence-corrected chi connectivity index (χ1v) is 6.30. The third-order valence-corrected chi connectivity index (χ3v) is 3.67. The van der Waals surface area contributed by atoms with E-state index in [2.05, 4.69) is 20.8 Å². The number of furan rings is 1. The normalized spacial score (nSPS) is 20.4. The third kappa shape index (κ3) is 2.08. The van der Waals surface area contributed by atoms with Gasteiger partial charge in [-0.15, -0.1) is 0 Å². The molecule has 0 bridgehead atoms. The van der Waals surface area contributed by atoms with Crippen LogP contribution < -0.4 is 0 Å². The van der Waals surface area contributed by atoms with Crippen molar-refractivity contribution in [3.63, 3.8) is 0 Å². The molecule has 0 spiro atoms. The maximum Gasteiger partial charge on any atom is 0.137 e. The van der Waals surface area contributed by atoms with Crippen LogP contribution in [0.25, 0.3) is 5.57 Å². The van der Waals surface area contributed by atoms with E-state index in [-0.39, 0.29) is 11.7 Å². The Morgan fingerprint density at radius 1 is 1.47 bits per heavy atom. The van der Waals surface area contributed by atoms with Crippen molar-refractivity contribution in [3.05, 3.63) is 29.2 Å². The van der Waals surface area contributed by atoms with Gasteiger partial charge in [0.15, 0.2) is 0 Å². The summed E-state index contributed by atoms with van der Waals surface area (Å²) in [4.78, 5) is 11.7. The van der Waals surface area contributed by atoms with Gasteiger partial charge >= 0.3 is 0 Å². The Labute approximate surface area is 103 Å². The van der Waals surface area contributed by atoms with E-state index >= 15 is 0 Å². The van der Waals surface area contributed by atoms with E-state index in [0.717, 1.165) is 24.2 Å². The average Bonchev–Trinajstić information content (AvgIpc) is 2.82. The summed E-state index contributed by atoms with van der Waals surface area (Å²) in [5.41, 5.74) is 3.67. The Balaban J connectivity index is 2.47. The molecule has 0 amide bonds. The highest BCUT2D eigenvalue weighted by molar-refractivity contribution is 5.93. The van der Waals surface area contributed by atoms with E-state index in [4.69, 9.17) is 4.42 Å². The van der Waals surface area contributed by atoms with Crippen LogP contribution in [0.2, 0.25) is 0 Å². The number of carbonyl (C=O) groups is 1. The van der Waals surface area contributed by atoms with Gasteiger partial charge in [0.05, 0.1) is 6.26 Å². The Morgan fingerprint density at radius 2 is 2.18 bits per heavy atom. The van der Waals surface area contributed by atoms with Crippen LogP contribution in [0.15, 0.2) is 22.3 Å². The van der Waals surface area contributed by atoms with Crippen LogP contribution in [0.5, 0.6) is 0 Å². The van der Waals surface area contributed by atoms with Crippen molar-refractivity contribution in [1.29, 1.82) is 0 Å². The summed E-state index contributed by atoms with van der Waals surface area (Å²) in [5, 5.41) is 0. The third-order valence-electron chi connectivity index (χ3n) is 3.67. The van der Waals surface area contributed by atoms with E-state index in [1.807, 2.05) is 6.07 Å². The molecule has 2 heteroatoms. The molecule has 92 valence electrons. The van der Waals surface area contributed by atoms with Gasteiger partial charge < -0.3 is 4.42 Å². The van der Waals surface area contributed by atoms with Crippen LogP contribution in [0, 0.1) is 5.92 Å². The Bertz CT molecular complexity index is 463.